The molecule has 0 bridgehead atoms. The SMILES string of the molecule is O=CC1C=CC=CC=CC=C1. The van der Waals surface area contributed by atoms with Crippen molar-refractivity contribution in [1.82, 2.24) is 0 Å². The minimum absolute atomic E-state index is 0.0811. The van der Waals surface area contributed by atoms with Crippen molar-refractivity contribution in [2.45, 2.75) is 0 Å². The molecular weight excluding hydrogens is 136 g/mol. The highest BCUT2D eigenvalue weighted by Gasteiger charge is 1.93. The summed E-state index contributed by atoms with van der Waals surface area (Å²) in [5.74, 6) is -0.0811. The van der Waals surface area contributed by atoms with Crippen molar-refractivity contribution < 1.29 is 4.79 Å². The lowest BCUT2D eigenvalue weighted by Crippen LogP contribution is -1.90. The molecule has 0 saturated heterocycles. The van der Waals surface area contributed by atoms with Crippen LogP contribution in [0.15, 0.2) is 48.6 Å². The van der Waals surface area contributed by atoms with E-state index in [2.05, 4.69) is 0 Å². The molecule has 0 aromatic carbocycles. The van der Waals surface area contributed by atoms with E-state index in [9.17, 15) is 4.79 Å². The van der Waals surface area contributed by atoms with Gasteiger partial charge in [0.25, 0.3) is 0 Å². The van der Waals surface area contributed by atoms with E-state index in [-0.39, 0.29) is 5.92 Å². The third-order valence-electron chi connectivity index (χ3n) is 1.38. The lowest BCUT2D eigenvalue weighted by Gasteiger charge is -1.91. The molecule has 1 aliphatic carbocycles. The Balaban J connectivity index is 2.75. The zero-order valence-corrected chi connectivity index (χ0v) is 6.18. The quantitative estimate of drug-likeness (QED) is 0.517. The molecule has 1 nitrogen and oxygen atoms in total. The summed E-state index contributed by atoms with van der Waals surface area (Å²) < 4.78 is 0. The van der Waals surface area contributed by atoms with E-state index < -0.39 is 0 Å². The van der Waals surface area contributed by atoms with E-state index in [1.54, 1.807) is 0 Å². The fourth-order valence-corrected chi connectivity index (χ4v) is 0.796. The van der Waals surface area contributed by atoms with Gasteiger partial charge in [0.05, 0.1) is 5.92 Å². The van der Waals surface area contributed by atoms with Crippen molar-refractivity contribution in [3.05, 3.63) is 48.6 Å². The van der Waals surface area contributed by atoms with Gasteiger partial charge in [-0.25, -0.2) is 0 Å². The van der Waals surface area contributed by atoms with Gasteiger partial charge < -0.3 is 4.79 Å². The van der Waals surface area contributed by atoms with Gasteiger partial charge in [-0.3, -0.25) is 0 Å². The Kier molecular flexibility index (Phi) is 3.13. The molecule has 0 atom stereocenters. The van der Waals surface area contributed by atoms with Crippen LogP contribution in [0.1, 0.15) is 0 Å². The van der Waals surface area contributed by atoms with Gasteiger partial charge in [-0.05, 0) is 0 Å². The third kappa shape index (κ3) is 2.80. The van der Waals surface area contributed by atoms with E-state index in [0.29, 0.717) is 0 Å². The van der Waals surface area contributed by atoms with E-state index in [0.717, 1.165) is 6.29 Å². The van der Waals surface area contributed by atoms with Crippen LogP contribution in [0, 0.1) is 5.92 Å². The molecule has 1 heteroatoms. The molecule has 1 rings (SSSR count). The zero-order valence-electron chi connectivity index (χ0n) is 6.18. The molecular formula is C10H10O. The van der Waals surface area contributed by atoms with Gasteiger partial charge >= 0.3 is 0 Å². The van der Waals surface area contributed by atoms with Crippen LogP contribution in [0.4, 0.5) is 0 Å². The standard InChI is InChI=1S/C10H10O/c11-9-10-7-5-3-1-2-4-6-8-10/h1-10H. The molecule has 0 unspecified atom stereocenters. The van der Waals surface area contributed by atoms with Crippen molar-refractivity contribution in [1.29, 1.82) is 0 Å². The van der Waals surface area contributed by atoms with E-state index in [4.69, 9.17) is 0 Å². The third-order valence-corrected chi connectivity index (χ3v) is 1.38. The minimum Gasteiger partial charge on any atom is -0.302 e. The summed E-state index contributed by atoms with van der Waals surface area (Å²) in [7, 11) is 0. The fourth-order valence-electron chi connectivity index (χ4n) is 0.796. The fraction of sp³-hybridized carbons (Fsp3) is 0.100. The first kappa shape index (κ1) is 7.73. The van der Waals surface area contributed by atoms with E-state index >= 15 is 0 Å². The van der Waals surface area contributed by atoms with Crippen molar-refractivity contribution in [2.75, 3.05) is 0 Å². The smallest absolute Gasteiger partial charge is 0.130 e. The van der Waals surface area contributed by atoms with Crippen LogP contribution in [0.2, 0.25) is 0 Å². The van der Waals surface area contributed by atoms with Crippen LogP contribution in [-0.4, -0.2) is 6.29 Å². The van der Waals surface area contributed by atoms with Gasteiger partial charge in [0.15, 0.2) is 0 Å². The molecule has 0 aromatic rings. The molecule has 0 spiro atoms. The second-order valence-corrected chi connectivity index (χ2v) is 2.25. The molecule has 0 amide bonds. The predicted octanol–water partition coefficient (Wildman–Crippen LogP) is 2.04. The Bertz CT molecular complexity index is 209. The molecule has 0 aliphatic heterocycles. The van der Waals surface area contributed by atoms with Crippen molar-refractivity contribution in [3.8, 4) is 0 Å². The monoisotopic (exact) mass is 146 g/mol. The Morgan fingerprint density at radius 1 is 0.818 bits per heavy atom. The maximum Gasteiger partial charge on any atom is 0.130 e. The summed E-state index contributed by atoms with van der Waals surface area (Å²) in [6, 6.07) is 0. The van der Waals surface area contributed by atoms with Gasteiger partial charge in [-0.15, -0.1) is 0 Å². The normalized spacial score (nSPS) is 22.4. The maximum atomic E-state index is 10.4. The number of hydrogen-bond acceptors (Lipinski definition) is 1. The number of carbonyl (C=O) groups excluding carboxylic acids is 1. The van der Waals surface area contributed by atoms with Crippen LogP contribution in [0.3, 0.4) is 0 Å². The first-order valence-corrected chi connectivity index (χ1v) is 3.57. The largest absolute Gasteiger partial charge is 0.302 e. The molecule has 0 aromatic heterocycles. The minimum atomic E-state index is -0.0811. The highest BCUT2D eigenvalue weighted by atomic mass is 16.1. The number of hydrogen-bond donors (Lipinski definition) is 0. The summed E-state index contributed by atoms with van der Waals surface area (Å²) in [5.41, 5.74) is 0. The number of rotatable bonds is 1. The summed E-state index contributed by atoms with van der Waals surface area (Å²) in [5, 5.41) is 0. The van der Waals surface area contributed by atoms with Crippen molar-refractivity contribution >= 4 is 6.29 Å². The van der Waals surface area contributed by atoms with Crippen LogP contribution < -0.4 is 0 Å². The number of allylic oxidation sites excluding steroid dienone is 8. The molecule has 0 fully saturated rings. The highest BCUT2D eigenvalue weighted by Crippen LogP contribution is 1.99. The molecule has 1 aliphatic rings. The van der Waals surface area contributed by atoms with Gasteiger partial charge in [-0.2, -0.15) is 0 Å². The average Bonchev–Trinajstić information content (AvgIpc) is 2.16. The molecule has 56 valence electrons. The summed E-state index contributed by atoms with van der Waals surface area (Å²) in [6.45, 7) is 0. The first-order chi connectivity index (χ1) is 5.43. The molecule has 11 heavy (non-hydrogen) atoms. The van der Waals surface area contributed by atoms with Gasteiger partial charge in [-0.1, -0.05) is 48.6 Å². The molecule has 0 heterocycles. The Labute approximate surface area is 66.4 Å². The molecule has 0 saturated carbocycles. The Morgan fingerprint density at radius 3 is 1.73 bits per heavy atom. The lowest BCUT2D eigenvalue weighted by molar-refractivity contribution is -0.108. The van der Waals surface area contributed by atoms with Gasteiger partial charge in [0, 0.05) is 0 Å². The first-order valence-electron chi connectivity index (χ1n) is 3.57. The van der Waals surface area contributed by atoms with Gasteiger partial charge in [0.2, 0.25) is 0 Å². The summed E-state index contributed by atoms with van der Waals surface area (Å²) in [4.78, 5) is 10.4. The van der Waals surface area contributed by atoms with Crippen LogP contribution >= 0.6 is 0 Å². The lowest BCUT2D eigenvalue weighted by atomic mass is 10.1. The molecule has 0 N–H and O–H groups in total. The van der Waals surface area contributed by atoms with Crippen molar-refractivity contribution in [2.24, 2.45) is 5.92 Å². The summed E-state index contributed by atoms with van der Waals surface area (Å²) >= 11 is 0. The summed E-state index contributed by atoms with van der Waals surface area (Å²) in [6.07, 6.45) is 16.0. The second kappa shape index (κ2) is 4.45. The van der Waals surface area contributed by atoms with Crippen molar-refractivity contribution in [3.63, 3.8) is 0 Å². The number of aldehydes is 1. The van der Waals surface area contributed by atoms with Crippen LogP contribution in [-0.2, 0) is 4.79 Å². The zero-order chi connectivity index (χ0) is 7.94. The molecule has 0 radical (unpaired) electrons. The van der Waals surface area contributed by atoms with E-state index in [1.165, 1.54) is 0 Å². The predicted molar refractivity (Wildman–Crippen MR) is 46.1 cm³/mol. The average molecular weight is 146 g/mol. The van der Waals surface area contributed by atoms with Crippen LogP contribution in [0.5, 0.6) is 0 Å². The topological polar surface area (TPSA) is 17.1 Å². The number of carbonyl (C=O) groups is 1. The Morgan fingerprint density at radius 2 is 1.27 bits per heavy atom. The highest BCUT2D eigenvalue weighted by molar-refractivity contribution is 5.60. The Hall–Kier alpha value is -1.37. The second-order valence-electron chi connectivity index (χ2n) is 2.25. The van der Waals surface area contributed by atoms with Crippen LogP contribution in [0.25, 0.3) is 0 Å². The maximum absolute atomic E-state index is 10.4. The van der Waals surface area contributed by atoms with Gasteiger partial charge in [0.1, 0.15) is 6.29 Å². The van der Waals surface area contributed by atoms with E-state index in [1.807, 2.05) is 48.6 Å².